The van der Waals surface area contributed by atoms with E-state index in [2.05, 4.69) is 42.4 Å². The number of hydrogen-bond donors (Lipinski definition) is 2. The van der Waals surface area contributed by atoms with Crippen LogP contribution in [0.2, 0.25) is 5.02 Å². The number of benzene rings is 4. The van der Waals surface area contributed by atoms with Gasteiger partial charge in [0.15, 0.2) is 0 Å². The molecule has 0 spiro atoms. The van der Waals surface area contributed by atoms with Gasteiger partial charge in [-0.15, -0.1) is 0 Å². The summed E-state index contributed by atoms with van der Waals surface area (Å²) in [4.78, 5) is 12.5. The third-order valence-electron chi connectivity index (χ3n) is 4.81. The zero-order valence-corrected chi connectivity index (χ0v) is 21.0. The van der Waals surface area contributed by atoms with E-state index in [1.54, 1.807) is 12.1 Å². The smallest absolute Gasteiger partial charge is 0.275 e. The van der Waals surface area contributed by atoms with E-state index >= 15 is 0 Å². The van der Waals surface area contributed by atoms with Gasteiger partial charge >= 0.3 is 0 Å². The second-order valence-corrected chi connectivity index (χ2v) is 9.29. The van der Waals surface area contributed by atoms with Gasteiger partial charge in [0.1, 0.15) is 18.1 Å². The van der Waals surface area contributed by atoms with Gasteiger partial charge in [0.05, 0.1) is 20.7 Å². The molecule has 4 aromatic carbocycles. The van der Waals surface area contributed by atoms with Gasteiger partial charge in [-0.05, 0) is 90.2 Å². The van der Waals surface area contributed by atoms with Crippen LogP contribution in [0.5, 0.6) is 11.5 Å². The highest BCUT2D eigenvalue weighted by Crippen LogP contribution is 2.35. The van der Waals surface area contributed by atoms with Crippen LogP contribution in [0.15, 0.2) is 86.8 Å². The van der Waals surface area contributed by atoms with E-state index < -0.39 is 5.91 Å². The minimum Gasteiger partial charge on any atom is -0.507 e. The highest BCUT2D eigenvalue weighted by molar-refractivity contribution is 9.11. The number of hydrogen-bond acceptors (Lipinski definition) is 4. The molecular weight excluding hydrogens is 572 g/mol. The molecule has 0 bridgehead atoms. The van der Waals surface area contributed by atoms with Crippen LogP contribution in [0.1, 0.15) is 21.5 Å². The molecule has 0 heterocycles. The van der Waals surface area contributed by atoms with Crippen molar-refractivity contribution in [2.75, 3.05) is 0 Å². The molecule has 0 aliphatic carbocycles. The standard InChI is InChI=1S/C25H17Br2ClN2O3/c26-21-9-16(10-22(27)24(21)33-14-15-5-7-19(28)8-6-15)13-29-30-25(32)20-11-17-3-1-2-4-18(17)12-23(20)31/h1-13,31H,14H2,(H,30,32). The summed E-state index contributed by atoms with van der Waals surface area (Å²) in [7, 11) is 0. The van der Waals surface area contributed by atoms with Gasteiger partial charge in [0.2, 0.25) is 0 Å². The number of rotatable bonds is 6. The molecule has 0 aliphatic rings. The Kier molecular flexibility index (Phi) is 7.33. The SMILES string of the molecule is O=C(NN=Cc1cc(Br)c(OCc2ccc(Cl)cc2)c(Br)c1)c1cc2ccccc2cc1O. The van der Waals surface area contributed by atoms with Crippen LogP contribution in [0, 0.1) is 0 Å². The van der Waals surface area contributed by atoms with Gasteiger partial charge in [-0.2, -0.15) is 5.10 Å². The van der Waals surface area contributed by atoms with Gasteiger partial charge < -0.3 is 9.84 Å². The van der Waals surface area contributed by atoms with Gasteiger partial charge in [0.25, 0.3) is 5.91 Å². The summed E-state index contributed by atoms with van der Waals surface area (Å²) in [5, 5.41) is 16.6. The lowest BCUT2D eigenvalue weighted by Crippen LogP contribution is -2.17. The van der Waals surface area contributed by atoms with Crippen LogP contribution in [0.25, 0.3) is 10.8 Å². The molecule has 4 rings (SSSR count). The Morgan fingerprint density at radius 1 is 1.00 bits per heavy atom. The average molecular weight is 589 g/mol. The molecule has 0 unspecified atom stereocenters. The molecule has 2 N–H and O–H groups in total. The maximum atomic E-state index is 12.5. The lowest BCUT2D eigenvalue weighted by molar-refractivity contribution is 0.0952. The highest BCUT2D eigenvalue weighted by Gasteiger charge is 2.12. The molecule has 0 saturated heterocycles. The van der Waals surface area contributed by atoms with Gasteiger partial charge in [-0.25, -0.2) is 5.43 Å². The van der Waals surface area contributed by atoms with E-state index in [1.807, 2.05) is 60.7 Å². The molecule has 166 valence electrons. The maximum Gasteiger partial charge on any atom is 0.275 e. The minimum atomic E-state index is -0.504. The Morgan fingerprint density at radius 3 is 2.30 bits per heavy atom. The van der Waals surface area contributed by atoms with E-state index in [1.165, 1.54) is 6.21 Å². The normalized spacial score (nSPS) is 11.1. The first-order chi connectivity index (χ1) is 15.9. The van der Waals surface area contributed by atoms with Crippen LogP contribution in [0.3, 0.4) is 0 Å². The number of phenols is 1. The van der Waals surface area contributed by atoms with Crippen LogP contribution in [-0.4, -0.2) is 17.2 Å². The van der Waals surface area contributed by atoms with Crippen molar-refractivity contribution in [2.45, 2.75) is 6.61 Å². The predicted octanol–water partition coefficient (Wildman–Crippen LogP) is 7.07. The Balaban J connectivity index is 1.43. The quantitative estimate of drug-likeness (QED) is 0.187. The average Bonchev–Trinajstić information content (AvgIpc) is 2.79. The maximum absolute atomic E-state index is 12.5. The second kappa shape index (κ2) is 10.4. The summed E-state index contributed by atoms with van der Waals surface area (Å²) in [6.07, 6.45) is 1.51. The summed E-state index contributed by atoms with van der Waals surface area (Å²) in [5.41, 5.74) is 4.33. The van der Waals surface area contributed by atoms with E-state index in [0.29, 0.717) is 17.4 Å². The van der Waals surface area contributed by atoms with Crippen molar-refractivity contribution in [1.82, 2.24) is 5.43 Å². The number of nitrogens with zero attached hydrogens (tertiary/aromatic N) is 1. The van der Waals surface area contributed by atoms with Crippen LogP contribution < -0.4 is 10.2 Å². The number of carbonyl (C=O) groups is 1. The topological polar surface area (TPSA) is 70.9 Å². The summed E-state index contributed by atoms with van der Waals surface area (Å²) >= 11 is 12.9. The number of nitrogens with one attached hydrogen (secondary N) is 1. The lowest BCUT2D eigenvalue weighted by atomic mass is 10.1. The largest absolute Gasteiger partial charge is 0.507 e. The first-order valence-electron chi connectivity index (χ1n) is 9.82. The summed E-state index contributed by atoms with van der Waals surface area (Å²) < 4.78 is 7.37. The summed E-state index contributed by atoms with van der Waals surface area (Å²) in [6, 6.07) is 21.8. The van der Waals surface area contributed by atoms with Crippen LogP contribution in [-0.2, 0) is 6.61 Å². The van der Waals surface area contributed by atoms with Crippen LogP contribution in [0.4, 0.5) is 0 Å². The molecule has 1 amide bonds. The fourth-order valence-electron chi connectivity index (χ4n) is 3.16. The zero-order valence-electron chi connectivity index (χ0n) is 17.1. The van der Waals surface area contributed by atoms with Crippen molar-refractivity contribution in [1.29, 1.82) is 0 Å². The Bertz CT molecular complexity index is 1330. The molecule has 33 heavy (non-hydrogen) atoms. The second-order valence-electron chi connectivity index (χ2n) is 7.14. The van der Waals surface area contributed by atoms with Crippen molar-refractivity contribution in [2.24, 2.45) is 5.10 Å². The first-order valence-corrected chi connectivity index (χ1v) is 11.8. The molecule has 0 fully saturated rings. The fourth-order valence-corrected chi connectivity index (χ4v) is 4.74. The monoisotopic (exact) mass is 586 g/mol. The number of carbonyl (C=O) groups excluding carboxylic acids is 1. The third-order valence-corrected chi connectivity index (χ3v) is 6.24. The van der Waals surface area contributed by atoms with Crippen molar-refractivity contribution >= 4 is 66.4 Å². The molecule has 0 saturated carbocycles. The van der Waals surface area contributed by atoms with E-state index in [0.717, 1.165) is 30.8 Å². The van der Waals surface area contributed by atoms with E-state index in [9.17, 15) is 9.90 Å². The van der Waals surface area contributed by atoms with Gasteiger partial charge in [-0.1, -0.05) is 48.0 Å². The molecule has 0 atom stereocenters. The minimum absolute atomic E-state index is 0.103. The van der Waals surface area contributed by atoms with Crippen molar-refractivity contribution in [3.8, 4) is 11.5 Å². The van der Waals surface area contributed by atoms with Crippen molar-refractivity contribution in [3.63, 3.8) is 0 Å². The Morgan fingerprint density at radius 2 is 1.64 bits per heavy atom. The van der Waals surface area contributed by atoms with E-state index in [4.69, 9.17) is 16.3 Å². The molecular formula is C25H17Br2ClN2O3. The number of amides is 1. The van der Waals surface area contributed by atoms with Crippen molar-refractivity contribution < 1.29 is 14.6 Å². The van der Waals surface area contributed by atoms with Crippen molar-refractivity contribution in [3.05, 3.63) is 103 Å². The molecule has 0 aromatic heterocycles. The van der Waals surface area contributed by atoms with Gasteiger partial charge in [-0.3, -0.25) is 4.79 Å². The Labute approximate surface area is 212 Å². The third kappa shape index (κ3) is 5.74. The molecule has 0 radical (unpaired) electrons. The number of aromatic hydroxyl groups is 1. The van der Waals surface area contributed by atoms with E-state index in [-0.39, 0.29) is 11.3 Å². The fraction of sp³-hybridized carbons (Fsp3) is 0.0400. The number of hydrazone groups is 1. The molecule has 8 heteroatoms. The highest BCUT2D eigenvalue weighted by atomic mass is 79.9. The summed E-state index contributed by atoms with van der Waals surface area (Å²) in [6.45, 7) is 0.382. The zero-order chi connectivity index (χ0) is 23.4. The number of halogens is 3. The predicted molar refractivity (Wildman–Crippen MR) is 138 cm³/mol. The lowest BCUT2D eigenvalue weighted by Gasteiger charge is -2.11. The first kappa shape index (κ1) is 23.3. The van der Waals surface area contributed by atoms with Gasteiger partial charge in [0, 0.05) is 5.02 Å². The molecule has 0 aliphatic heterocycles. The summed E-state index contributed by atoms with van der Waals surface area (Å²) in [5.74, 6) is 0.0388. The molecule has 4 aromatic rings. The number of fused-ring (bicyclic) bond motifs is 1. The Hall–Kier alpha value is -2.87. The number of ether oxygens (including phenoxy) is 1. The molecule has 5 nitrogen and oxygen atoms in total. The number of phenolic OH excluding ortho intramolecular Hbond substituents is 1. The van der Waals surface area contributed by atoms with Crippen LogP contribution >= 0.6 is 43.5 Å².